The zero-order valence-electron chi connectivity index (χ0n) is 14.6. The van der Waals surface area contributed by atoms with Crippen LogP contribution in [0.15, 0.2) is 23.3 Å². The van der Waals surface area contributed by atoms with E-state index in [1.807, 2.05) is 30.1 Å². The van der Waals surface area contributed by atoms with Gasteiger partial charge in [0.25, 0.3) is 0 Å². The van der Waals surface area contributed by atoms with E-state index in [4.69, 9.17) is 4.74 Å². The lowest BCUT2D eigenvalue weighted by Crippen LogP contribution is -2.37. The van der Waals surface area contributed by atoms with E-state index in [9.17, 15) is 0 Å². The Labute approximate surface area is 166 Å². The van der Waals surface area contributed by atoms with Crippen molar-refractivity contribution in [3.05, 3.63) is 23.9 Å². The monoisotopic (exact) mass is 464 g/mol. The van der Waals surface area contributed by atoms with Crippen LogP contribution in [-0.4, -0.2) is 43.2 Å². The van der Waals surface area contributed by atoms with Crippen LogP contribution in [0, 0.1) is 5.92 Å². The molecule has 2 N–H and O–H groups in total. The number of guanidine groups is 1. The molecule has 0 spiro atoms. The van der Waals surface area contributed by atoms with Crippen molar-refractivity contribution in [1.29, 1.82) is 0 Å². The number of hydrogen-bond acceptors (Lipinski definition) is 4. The van der Waals surface area contributed by atoms with Crippen molar-refractivity contribution in [2.75, 3.05) is 32.2 Å². The molecular weight excluding hydrogens is 435 g/mol. The van der Waals surface area contributed by atoms with Gasteiger partial charge in [-0.05, 0) is 49.2 Å². The van der Waals surface area contributed by atoms with Gasteiger partial charge in [0.15, 0.2) is 5.96 Å². The van der Waals surface area contributed by atoms with Gasteiger partial charge in [-0.15, -0.1) is 24.0 Å². The normalized spacial score (nSPS) is 14.0. The molecule has 0 atom stereocenters. The first-order chi connectivity index (χ1) is 11.3. The predicted molar refractivity (Wildman–Crippen MR) is 114 cm³/mol. The maximum Gasteiger partial charge on any atom is 0.213 e. The number of thioether (sulfide) groups is 1. The third-order valence-corrected chi connectivity index (χ3v) is 4.41. The maximum atomic E-state index is 5.65. The predicted octanol–water partition coefficient (Wildman–Crippen LogP) is 3.30. The second-order valence-electron chi connectivity index (χ2n) is 5.81. The van der Waals surface area contributed by atoms with Gasteiger partial charge in [-0.2, -0.15) is 11.8 Å². The average molecular weight is 464 g/mol. The number of aromatic nitrogens is 1. The molecule has 1 heterocycles. The fourth-order valence-electron chi connectivity index (χ4n) is 2.07. The van der Waals surface area contributed by atoms with Gasteiger partial charge in [-0.25, -0.2) is 4.98 Å². The third-order valence-electron chi connectivity index (χ3n) is 3.71. The molecule has 1 aliphatic rings. The van der Waals surface area contributed by atoms with Crippen molar-refractivity contribution >= 4 is 41.7 Å². The molecule has 0 aromatic carbocycles. The lowest BCUT2D eigenvalue weighted by Gasteiger charge is -2.12. The Morgan fingerprint density at radius 3 is 2.79 bits per heavy atom. The Bertz CT molecular complexity index is 480. The zero-order valence-corrected chi connectivity index (χ0v) is 17.7. The van der Waals surface area contributed by atoms with E-state index >= 15 is 0 Å². The fourth-order valence-corrected chi connectivity index (χ4v) is 2.57. The van der Waals surface area contributed by atoms with Crippen molar-refractivity contribution in [2.24, 2.45) is 10.9 Å². The number of nitrogens with zero attached hydrogens (tertiary/aromatic N) is 2. The van der Waals surface area contributed by atoms with Crippen LogP contribution in [0.4, 0.5) is 0 Å². The number of nitrogens with one attached hydrogen (secondary N) is 2. The van der Waals surface area contributed by atoms with E-state index in [1.54, 1.807) is 7.05 Å². The minimum atomic E-state index is 0. The fraction of sp³-hybridized carbons (Fsp3) is 0.647. The first-order valence-corrected chi connectivity index (χ1v) is 9.72. The van der Waals surface area contributed by atoms with E-state index in [0.29, 0.717) is 6.54 Å². The van der Waals surface area contributed by atoms with Crippen molar-refractivity contribution in [1.82, 2.24) is 15.6 Å². The van der Waals surface area contributed by atoms with E-state index in [-0.39, 0.29) is 24.0 Å². The number of pyridine rings is 1. The highest BCUT2D eigenvalue weighted by molar-refractivity contribution is 14.0. The molecule has 0 amide bonds. The highest BCUT2D eigenvalue weighted by Gasteiger charge is 2.21. The van der Waals surface area contributed by atoms with Gasteiger partial charge in [0.1, 0.15) is 0 Å². The summed E-state index contributed by atoms with van der Waals surface area (Å²) in [5, 5.41) is 6.64. The summed E-state index contributed by atoms with van der Waals surface area (Å²) in [5.74, 6) is 3.53. The number of halogens is 1. The molecule has 1 fully saturated rings. The Morgan fingerprint density at radius 2 is 2.17 bits per heavy atom. The van der Waals surface area contributed by atoms with Gasteiger partial charge in [0.2, 0.25) is 5.88 Å². The molecule has 0 radical (unpaired) electrons. The minimum absolute atomic E-state index is 0. The van der Waals surface area contributed by atoms with Crippen LogP contribution in [0.2, 0.25) is 0 Å². The molecule has 7 heteroatoms. The van der Waals surface area contributed by atoms with Crippen molar-refractivity contribution in [3.8, 4) is 5.88 Å². The topological polar surface area (TPSA) is 58.5 Å². The summed E-state index contributed by atoms with van der Waals surface area (Å²) in [6.45, 7) is 2.46. The second-order valence-corrected chi connectivity index (χ2v) is 6.80. The Hall–Kier alpha value is -0.700. The average Bonchev–Trinajstić information content (AvgIpc) is 3.41. The summed E-state index contributed by atoms with van der Waals surface area (Å²) < 4.78 is 5.65. The van der Waals surface area contributed by atoms with Crippen molar-refractivity contribution < 1.29 is 4.74 Å². The quantitative estimate of drug-likeness (QED) is 0.241. The highest BCUT2D eigenvalue weighted by Crippen LogP contribution is 2.29. The number of unbranched alkanes of at least 4 members (excludes halogenated alkanes) is 1. The molecule has 0 unspecified atom stereocenters. The van der Waals surface area contributed by atoms with E-state index in [1.165, 1.54) is 25.0 Å². The molecule has 0 aliphatic heterocycles. The molecule has 1 saturated carbocycles. The van der Waals surface area contributed by atoms with Crippen molar-refractivity contribution in [2.45, 2.75) is 32.2 Å². The largest absolute Gasteiger partial charge is 0.477 e. The molecule has 1 aliphatic carbocycles. The Kier molecular flexibility index (Phi) is 11.2. The van der Waals surface area contributed by atoms with Gasteiger partial charge in [-0.3, -0.25) is 4.99 Å². The molecule has 24 heavy (non-hydrogen) atoms. The molecule has 0 bridgehead atoms. The summed E-state index contributed by atoms with van der Waals surface area (Å²) in [7, 11) is 1.80. The van der Waals surface area contributed by atoms with Crippen LogP contribution in [0.5, 0.6) is 5.88 Å². The second kappa shape index (κ2) is 12.6. The van der Waals surface area contributed by atoms with Crippen LogP contribution in [0.25, 0.3) is 0 Å². The van der Waals surface area contributed by atoms with Crippen LogP contribution < -0.4 is 15.4 Å². The SMILES string of the molecule is CN=C(NCCCCSC)NCc1ccc(OCC2CC2)nc1.I. The van der Waals surface area contributed by atoms with Gasteiger partial charge in [0, 0.05) is 32.4 Å². The number of ether oxygens (including phenoxy) is 1. The van der Waals surface area contributed by atoms with Gasteiger partial charge < -0.3 is 15.4 Å². The van der Waals surface area contributed by atoms with E-state index < -0.39 is 0 Å². The lowest BCUT2D eigenvalue weighted by molar-refractivity contribution is 0.288. The molecule has 1 aromatic rings. The smallest absolute Gasteiger partial charge is 0.213 e. The number of aliphatic imine (C=N–C) groups is 1. The molecular formula is C17H29IN4OS. The van der Waals surface area contributed by atoms with E-state index in [0.717, 1.165) is 42.9 Å². The summed E-state index contributed by atoms with van der Waals surface area (Å²) in [6.07, 6.45) is 9.00. The van der Waals surface area contributed by atoms with Crippen LogP contribution in [0.3, 0.4) is 0 Å². The molecule has 5 nitrogen and oxygen atoms in total. The first-order valence-electron chi connectivity index (χ1n) is 8.33. The summed E-state index contributed by atoms with van der Waals surface area (Å²) in [6, 6.07) is 3.99. The van der Waals surface area contributed by atoms with Gasteiger partial charge >= 0.3 is 0 Å². The summed E-state index contributed by atoms with van der Waals surface area (Å²) in [5.41, 5.74) is 1.12. The van der Waals surface area contributed by atoms with Gasteiger partial charge in [0.05, 0.1) is 6.61 Å². The Morgan fingerprint density at radius 1 is 1.33 bits per heavy atom. The maximum absolute atomic E-state index is 5.65. The van der Waals surface area contributed by atoms with Crippen molar-refractivity contribution in [3.63, 3.8) is 0 Å². The molecule has 2 rings (SSSR count). The molecule has 1 aromatic heterocycles. The summed E-state index contributed by atoms with van der Waals surface area (Å²) >= 11 is 1.89. The number of rotatable bonds is 10. The zero-order chi connectivity index (χ0) is 16.3. The standard InChI is InChI=1S/C17H28N4OS.HI/c1-18-17(19-9-3-4-10-23-2)21-12-15-7-8-16(20-11-15)22-13-14-5-6-14;/h7-8,11,14H,3-6,9-10,12-13H2,1-2H3,(H2,18,19,21);1H. The van der Waals surface area contributed by atoms with Crippen LogP contribution in [0.1, 0.15) is 31.2 Å². The Balaban J connectivity index is 0.00000288. The highest BCUT2D eigenvalue weighted by atomic mass is 127. The van der Waals surface area contributed by atoms with Gasteiger partial charge in [-0.1, -0.05) is 6.07 Å². The van der Waals surface area contributed by atoms with Crippen LogP contribution in [-0.2, 0) is 6.54 Å². The first kappa shape index (κ1) is 21.3. The minimum Gasteiger partial charge on any atom is -0.477 e. The molecule has 136 valence electrons. The van der Waals surface area contributed by atoms with E-state index in [2.05, 4.69) is 26.9 Å². The molecule has 0 saturated heterocycles. The lowest BCUT2D eigenvalue weighted by atomic mass is 10.3. The number of hydrogen-bond donors (Lipinski definition) is 2. The third kappa shape index (κ3) is 8.96. The van der Waals surface area contributed by atoms with Crippen LogP contribution >= 0.6 is 35.7 Å². The summed E-state index contributed by atoms with van der Waals surface area (Å²) in [4.78, 5) is 8.59.